The van der Waals surface area contributed by atoms with Gasteiger partial charge in [0.15, 0.2) is 0 Å². The van der Waals surface area contributed by atoms with Crippen LogP contribution in [0.25, 0.3) is 0 Å². The average molecular weight is 558 g/mol. The van der Waals surface area contributed by atoms with Gasteiger partial charge in [0.1, 0.15) is 11.4 Å². The minimum atomic E-state index is -2.17. The summed E-state index contributed by atoms with van der Waals surface area (Å²) in [5, 5.41) is 7.00. The van der Waals surface area contributed by atoms with Gasteiger partial charge < -0.3 is 19.5 Å². The molecule has 0 spiro atoms. The first-order chi connectivity index (χ1) is 9.03. The van der Waals surface area contributed by atoms with Gasteiger partial charge in [-0.05, 0) is 20.8 Å². The van der Waals surface area contributed by atoms with E-state index in [2.05, 4.69) is 0 Å². The van der Waals surface area contributed by atoms with Crippen molar-refractivity contribution >= 4 is 11.9 Å². The average Bonchev–Trinajstić information content (AvgIpc) is 2.55. The Balaban J connectivity index is -0.000000479. The molecule has 0 saturated carbocycles. The van der Waals surface area contributed by atoms with E-state index in [1.807, 2.05) is 0 Å². The number of aliphatic hydroxyl groups excluding tert-OH is 1. The van der Waals surface area contributed by atoms with Crippen LogP contribution in [0, 0.1) is 92.0 Å². The van der Waals surface area contributed by atoms with Crippen LogP contribution in [0.2, 0.25) is 0 Å². The normalized spacial score (nSPS) is 15.4. The third-order valence-corrected chi connectivity index (χ3v) is 2.14. The third-order valence-electron chi connectivity index (χ3n) is 2.14. The van der Waals surface area contributed by atoms with E-state index in [0.29, 0.717) is 0 Å². The molecule has 0 radical (unpaired) electrons. The van der Waals surface area contributed by atoms with Crippen molar-refractivity contribution in [2.24, 2.45) is 5.41 Å². The standard InChI is InChI=1S/C11H18NO3.CH4O.2Ce.H2O.O/c1-10(2,3)15-9(14)12-6-8(13)11(4,5)7-12;1-2;;;;/h7H,6H2,1-5H3;2H,1H3;;;1H2;/q-1;;;+1;;/p-1. The summed E-state index contributed by atoms with van der Waals surface area (Å²) in [5.41, 5.74) is -1.09. The van der Waals surface area contributed by atoms with E-state index >= 15 is 0 Å². The first kappa shape index (κ1) is 27.3. The molecule has 0 unspecified atom stereocenters. The number of carbonyl (C=O) groups is 2. The summed E-state index contributed by atoms with van der Waals surface area (Å²) in [6.07, 6.45) is -0.457. The van der Waals surface area contributed by atoms with Gasteiger partial charge in [-0.15, -0.1) is 0 Å². The molecule has 1 amide bonds. The summed E-state index contributed by atoms with van der Waals surface area (Å²) in [6, 6.07) is 0. The Kier molecular flexibility index (Phi) is 16.6. The zero-order chi connectivity index (χ0) is 16.6. The van der Waals surface area contributed by atoms with Crippen molar-refractivity contribution in [3.8, 4) is 0 Å². The number of hydrogen-bond donors (Lipinski definition) is 2. The van der Waals surface area contributed by atoms with E-state index in [4.69, 9.17) is 12.1 Å². The second kappa shape index (κ2) is 12.8. The van der Waals surface area contributed by atoms with Crippen LogP contribution in [-0.4, -0.2) is 42.5 Å². The maximum absolute atomic E-state index is 11.6. The molecule has 7 nitrogen and oxygen atoms in total. The Morgan fingerprint density at radius 3 is 2.00 bits per heavy atom. The van der Waals surface area contributed by atoms with E-state index in [9.17, 15) is 9.59 Å². The number of ether oxygens (including phenoxy) is 1. The van der Waals surface area contributed by atoms with Crippen molar-refractivity contribution in [3.05, 3.63) is 6.54 Å². The van der Waals surface area contributed by atoms with E-state index < -0.39 is 55.4 Å². The molecule has 0 aromatic heterocycles. The molecule has 0 atom stereocenters. The van der Waals surface area contributed by atoms with Crippen molar-refractivity contribution in [1.82, 2.24) is 4.90 Å². The minimum absolute atomic E-state index is 0. The number of ketones is 1. The Labute approximate surface area is 181 Å². The molecule has 1 saturated heterocycles. The summed E-state index contributed by atoms with van der Waals surface area (Å²) < 4.78 is 21.1. The van der Waals surface area contributed by atoms with Crippen molar-refractivity contribution < 1.29 is 102 Å². The summed E-state index contributed by atoms with van der Waals surface area (Å²) in [6.45, 7) is 10.7. The second-order valence-electron chi connectivity index (χ2n) is 5.47. The molecule has 1 rings (SSSR count). The number of Topliss-reactive ketones (excluding diaryl/α,β-unsaturated/α-hetero) is 1. The van der Waals surface area contributed by atoms with Crippen molar-refractivity contribution in [2.45, 2.75) is 40.2 Å². The summed E-state index contributed by atoms with van der Waals surface area (Å²) in [4.78, 5) is 24.5. The van der Waals surface area contributed by atoms with Gasteiger partial charge in [0.2, 0.25) is 0 Å². The molecule has 0 bridgehead atoms. The Morgan fingerprint density at radius 1 is 1.38 bits per heavy atom. The van der Waals surface area contributed by atoms with Crippen molar-refractivity contribution in [3.63, 3.8) is 0 Å². The van der Waals surface area contributed by atoms with Gasteiger partial charge in [-0.2, -0.15) is 0 Å². The molecule has 0 aromatic rings. The molecule has 2 N–H and O–H groups in total. The predicted molar refractivity (Wildman–Crippen MR) is 67.1 cm³/mol. The van der Waals surface area contributed by atoms with E-state index in [1.54, 1.807) is 41.2 Å². The molecular weight excluding hydrogens is 534 g/mol. The predicted octanol–water partition coefficient (Wildman–Crippen LogP) is 0.927. The Hall–Kier alpha value is 1.41. The van der Waals surface area contributed by atoms with Crippen LogP contribution in [0.15, 0.2) is 0 Å². The van der Waals surface area contributed by atoms with Crippen LogP contribution in [0.5, 0.6) is 0 Å². The number of likely N-dealkylation sites (tertiary alicyclic amines) is 1. The SMILES string of the molecule is CC(C)(C)OC(=O)N1[CH-]C(C)(C)C(=O)C1.CO.[Ce].[O]=[Ce][OH]. The Bertz CT molecular complexity index is 341. The molecule has 0 aromatic carbocycles. The van der Waals surface area contributed by atoms with Gasteiger partial charge in [-0.3, -0.25) is 0 Å². The molecule has 1 fully saturated rings. The van der Waals surface area contributed by atoms with Crippen LogP contribution in [0.1, 0.15) is 34.6 Å². The van der Waals surface area contributed by atoms with Crippen LogP contribution < -0.4 is 0 Å². The Morgan fingerprint density at radius 2 is 1.76 bits per heavy atom. The molecule has 1 aliphatic rings. The molecular formula is C12H23Ce2NO6-. The first-order valence-corrected chi connectivity index (χ1v) is 8.57. The van der Waals surface area contributed by atoms with Crippen LogP contribution in [0.4, 0.5) is 4.79 Å². The summed E-state index contributed by atoms with van der Waals surface area (Å²) >= 11 is -2.17. The van der Waals surface area contributed by atoms with Gasteiger partial charge in [0.05, 0.1) is 6.54 Å². The van der Waals surface area contributed by atoms with Gasteiger partial charge in [-0.25, -0.2) is 11.3 Å². The molecule has 121 valence electrons. The fourth-order valence-corrected chi connectivity index (χ4v) is 1.30. The zero-order valence-electron chi connectivity index (χ0n) is 13.3. The number of nitrogens with zero attached hydrogens (tertiary/aromatic N) is 1. The topological polar surface area (TPSA) is 104 Å². The molecule has 0 aliphatic carbocycles. The van der Waals surface area contributed by atoms with Crippen molar-refractivity contribution in [1.29, 1.82) is 0 Å². The first-order valence-electron chi connectivity index (χ1n) is 5.88. The van der Waals surface area contributed by atoms with E-state index in [-0.39, 0.29) is 54.1 Å². The van der Waals surface area contributed by atoms with Gasteiger partial charge in [-0.1, -0.05) is 19.3 Å². The molecule has 21 heavy (non-hydrogen) atoms. The number of amides is 1. The monoisotopic (exact) mass is 557 g/mol. The fraction of sp³-hybridized carbons (Fsp3) is 0.750. The fourth-order valence-electron chi connectivity index (χ4n) is 1.30. The van der Waals surface area contributed by atoms with Crippen molar-refractivity contribution in [2.75, 3.05) is 13.7 Å². The zero-order valence-corrected chi connectivity index (χ0v) is 19.5. The van der Waals surface area contributed by atoms with E-state index in [1.165, 1.54) is 4.90 Å². The van der Waals surface area contributed by atoms with Gasteiger partial charge in [0, 0.05) is 48.9 Å². The number of hydrogen-bond acceptors (Lipinski definition) is 5. The van der Waals surface area contributed by atoms with E-state index in [0.717, 1.165) is 7.11 Å². The van der Waals surface area contributed by atoms with Crippen LogP contribution in [-0.2, 0) is 10.5 Å². The number of aliphatic hydroxyl groups is 1. The van der Waals surface area contributed by atoms with Gasteiger partial charge in [0.25, 0.3) is 0 Å². The molecule has 1 aliphatic heterocycles. The van der Waals surface area contributed by atoms with Crippen LogP contribution >= 0.6 is 0 Å². The van der Waals surface area contributed by atoms with Crippen LogP contribution in [0.3, 0.4) is 0 Å². The number of carbonyl (C=O) groups excluding carboxylic acids is 2. The molecule has 1 heterocycles. The third kappa shape index (κ3) is 12.5. The number of rotatable bonds is 0. The second-order valence-corrected chi connectivity index (χ2v) is 6.05. The quantitative estimate of drug-likeness (QED) is 0.430. The summed E-state index contributed by atoms with van der Waals surface area (Å²) in [5.74, 6) is 0.0355. The maximum atomic E-state index is 11.6. The summed E-state index contributed by atoms with van der Waals surface area (Å²) in [7, 11) is 1.00. The van der Waals surface area contributed by atoms with Gasteiger partial charge >= 0.3 is 46.6 Å². The molecule has 9 heteroatoms.